The summed E-state index contributed by atoms with van der Waals surface area (Å²) in [7, 11) is 0. The highest BCUT2D eigenvalue weighted by Gasteiger charge is 2.17. The molecule has 0 fully saturated rings. The van der Waals surface area contributed by atoms with Gasteiger partial charge in [-0.1, -0.05) is 30.3 Å². The lowest BCUT2D eigenvalue weighted by molar-refractivity contribution is -0.136. The van der Waals surface area contributed by atoms with Crippen LogP contribution in [0.1, 0.15) is 34.0 Å². The molecule has 0 aliphatic rings. The van der Waals surface area contributed by atoms with Gasteiger partial charge in [-0.3, -0.25) is 9.59 Å². The van der Waals surface area contributed by atoms with E-state index in [-0.39, 0.29) is 5.91 Å². The third kappa shape index (κ3) is 5.10. The Morgan fingerprint density at radius 2 is 1.72 bits per heavy atom. The quantitative estimate of drug-likeness (QED) is 0.739. The standard InChI is InChI=1S/C20H23NO3S/c1-13-7-6-8-14(2)16(13)11-12-21-19(22)17-9-4-5-10-18(17)25-15(3)20(23)24/h4-10,15H,11-12H2,1-3H3,(H,21,22)(H,23,24). The number of carboxylic acids is 1. The van der Waals surface area contributed by atoms with Crippen molar-refractivity contribution >= 4 is 23.6 Å². The van der Waals surface area contributed by atoms with Gasteiger partial charge in [-0.15, -0.1) is 11.8 Å². The van der Waals surface area contributed by atoms with Crippen LogP contribution in [-0.4, -0.2) is 28.8 Å². The molecule has 0 saturated heterocycles. The van der Waals surface area contributed by atoms with E-state index in [4.69, 9.17) is 5.11 Å². The number of hydrogen-bond acceptors (Lipinski definition) is 3. The third-order valence-electron chi connectivity index (χ3n) is 4.09. The maximum Gasteiger partial charge on any atom is 0.316 e. The molecular formula is C20H23NO3S. The fraction of sp³-hybridized carbons (Fsp3) is 0.300. The zero-order valence-corrected chi connectivity index (χ0v) is 15.5. The first-order valence-electron chi connectivity index (χ1n) is 8.22. The van der Waals surface area contributed by atoms with Gasteiger partial charge in [-0.2, -0.15) is 0 Å². The molecule has 4 nitrogen and oxygen atoms in total. The summed E-state index contributed by atoms with van der Waals surface area (Å²) >= 11 is 1.18. The first-order chi connectivity index (χ1) is 11.9. The summed E-state index contributed by atoms with van der Waals surface area (Å²) in [6.07, 6.45) is 0.769. The second-order valence-electron chi connectivity index (χ2n) is 5.97. The SMILES string of the molecule is Cc1cccc(C)c1CCNC(=O)c1ccccc1SC(C)C(=O)O. The highest BCUT2D eigenvalue weighted by atomic mass is 32.2. The predicted molar refractivity (Wildman–Crippen MR) is 101 cm³/mol. The Balaban J connectivity index is 2.03. The molecule has 2 N–H and O–H groups in total. The van der Waals surface area contributed by atoms with Crippen LogP contribution in [0.5, 0.6) is 0 Å². The van der Waals surface area contributed by atoms with E-state index < -0.39 is 11.2 Å². The van der Waals surface area contributed by atoms with E-state index in [2.05, 4.69) is 31.3 Å². The molecule has 2 rings (SSSR count). The number of thioether (sulfide) groups is 1. The number of aliphatic carboxylic acids is 1. The van der Waals surface area contributed by atoms with Crippen LogP contribution in [0.15, 0.2) is 47.4 Å². The summed E-state index contributed by atoms with van der Waals surface area (Å²) in [5.74, 6) is -1.07. The maximum absolute atomic E-state index is 12.5. The van der Waals surface area contributed by atoms with Gasteiger partial charge in [0.1, 0.15) is 5.25 Å². The van der Waals surface area contributed by atoms with E-state index in [1.54, 1.807) is 25.1 Å². The number of hydrogen-bond donors (Lipinski definition) is 2. The van der Waals surface area contributed by atoms with E-state index in [0.29, 0.717) is 17.0 Å². The summed E-state index contributed by atoms with van der Waals surface area (Å²) in [5.41, 5.74) is 4.22. The molecule has 1 unspecified atom stereocenters. The van der Waals surface area contributed by atoms with Gasteiger partial charge in [-0.05, 0) is 56.0 Å². The summed E-state index contributed by atoms with van der Waals surface area (Å²) in [6, 6.07) is 13.3. The molecule has 132 valence electrons. The van der Waals surface area contributed by atoms with Gasteiger partial charge in [-0.25, -0.2) is 0 Å². The molecule has 0 aliphatic carbocycles. The van der Waals surface area contributed by atoms with E-state index in [1.807, 2.05) is 12.1 Å². The van der Waals surface area contributed by atoms with Crippen LogP contribution in [0.3, 0.4) is 0 Å². The minimum absolute atomic E-state index is 0.174. The van der Waals surface area contributed by atoms with Crippen LogP contribution in [-0.2, 0) is 11.2 Å². The van der Waals surface area contributed by atoms with Crippen molar-refractivity contribution in [1.82, 2.24) is 5.32 Å². The first-order valence-corrected chi connectivity index (χ1v) is 9.10. The van der Waals surface area contributed by atoms with E-state index in [1.165, 1.54) is 28.5 Å². The summed E-state index contributed by atoms with van der Waals surface area (Å²) in [6.45, 7) is 6.30. The Morgan fingerprint density at radius 1 is 1.08 bits per heavy atom. The smallest absolute Gasteiger partial charge is 0.316 e. The number of carbonyl (C=O) groups excluding carboxylic acids is 1. The zero-order chi connectivity index (χ0) is 18.4. The molecule has 2 aromatic carbocycles. The van der Waals surface area contributed by atoms with Gasteiger partial charge in [0, 0.05) is 11.4 Å². The second-order valence-corrected chi connectivity index (χ2v) is 7.35. The Bertz CT molecular complexity index is 753. The van der Waals surface area contributed by atoms with Crippen molar-refractivity contribution < 1.29 is 14.7 Å². The molecule has 1 atom stereocenters. The Morgan fingerprint density at radius 3 is 2.36 bits per heavy atom. The monoisotopic (exact) mass is 357 g/mol. The van der Waals surface area contributed by atoms with Crippen LogP contribution in [0.2, 0.25) is 0 Å². The minimum Gasteiger partial charge on any atom is -0.480 e. The van der Waals surface area contributed by atoms with Crippen LogP contribution < -0.4 is 5.32 Å². The Labute approximate surface area is 152 Å². The number of aryl methyl sites for hydroxylation is 2. The van der Waals surface area contributed by atoms with Crippen molar-refractivity contribution in [3.05, 3.63) is 64.7 Å². The molecule has 0 bridgehead atoms. The van der Waals surface area contributed by atoms with E-state index in [0.717, 1.165) is 6.42 Å². The number of carbonyl (C=O) groups is 2. The average Bonchev–Trinajstić information content (AvgIpc) is 2.57. The maximum atomic E-state index is 12.5. The molecule has 25 heavy (non-hydrogen) atoms. The Hall–Kier alpha value is -2.27. The van der Waals surface area contributed by atoms with E-state index >= 15 is 0 Å². The van der Waals surface area contributed by atoms with Gasteiger partial charge in [0.15, 0.2) is 0 Å². The molecule has 0 saturated carbocycles. The van der Waals surface area contributed by atoms with Crippen molar-refractivity contribution in [2.24, 2.45) is 0 Å². The molecule has 1 amide bonds. The lowest BCUT2D eigenvalue weighted by Gasteiger charge is -2.13. The average molecular weight is 357 g/mol. The molecular weight excluding hydrogens is 334 g/mol. The van der Waals surface area contributed by atoms with Gasteiger partial charge in [0.2, 0.25) is 0 Å². The number of nitrogens with one attached hydrogen (secondary N) is 1. The van der Waals surface area contributed by atoms with Gasteiger partial charge in [0.05, 0.1) is 5.56 Å². The second kappa shape index (κ2) is 8.72. The molecule has 0 radical (unpaired) electrons. The van der Waals surface area contributed by atoms with Crippen molar-refractivity contribution in [3.63, 3.8) is 0 Å². The molecule has 0 aromatic heterocycles. The molecule has 0 aliphatic heterocycles. The van der Waals surface area contributed by atoms with Crippen LogP contribution in [0.4, 0.5) is 0 Å². The summed E-state index contributed by atoms with van der Waals surface area (Å²) in [5, 5.41) is 11.4. The summed E-state index contributed by atoms with van der Waals surface area (Å²) < 4.78 is 0. The normalized spacial score (nSPS) is 11.8. The van der Waals surface area contributed by atoms with Crippen molar-refractivity contribution in [2.75, 3.05) is 6.54 Å². The van der Waals surface area contributed by atoms with Gasteiger partial charge in [0.25, 0.3) is 5.91 Å². The Kier molecular flexibility index (Phi) is 6.65. The molecule has 0 spiro atoms. The van der Waals surface area contributed by atoms with Gasteiger partial charge >= 0.3 is 5.97 Å². The minimum atomic E-state index is -0.893. The zero-order valence-electron chi connectivity index (χ0n) is 14.7. The fourth-order valence-corrected chi connectivity index (χ4v) is 3.56. The predicted octanol–water partition coefficient (Wildman–Crippen LogP) is 3.84. The van der Waals surface area contributed by atoms with Crippen molar-refractivity contribution in [3.8, 4) is 0 Å². The molecule has 0 heterocycles. The number of rotatable bonds is 7. The fourth-order valence-electron chi connectivity index (χ4n) is 2.64. The first kappa shape index (κ1) is 19.1. The topological polar surface area (TPSA) is 66.4 Å². The highest BCUT2D eigenvalue weighted by molar-refractivity contribution is 8.00. The van der Waals surface area contributed by atoms with E-state index in [9.17, 15) is 9.59 Å². The lowest BCUT2D eigenvalue weighted by Crippen LogP contribution is -2.26. The van der Waals surface area contributed by atoms with Crippen molar-refractivity contribution in [2.45, 2.75) is 37.3 Å². The van der Waals surface area contributed by atoms with Crippen LogP contribution >= 0.6 is 11.8 Å². The number of amides is 1. The lowest BCUT2D eigenvalue weighted by atomic mass is 10.0. The van der Waals surface area contributed by atoms with Crippen LogP contribution in [0, 0.1) is 13.8 Å². The number of carboxylic acid groups (broad SMARTS) is 1. The third-order valence-corrected chi connectivity index (χ3v) is 5.25. The molecule has 5 heteroatoms. The van der Waals surface area contributed by atoms with Crippen molar-refractivity contribution in [1.29, 1.82) is 0 Å². The van der Waals surface area contributed by atoms with Crippen LogP contribution in [0.25, 0.3) is 0 Å². The number of benzene rings is 2. The summed E-state index contributed by atoms with van der Waals surface area (Å²) in [4.78, 5) is 24.2. The van der Waals surface area contributed by atoms with Gasteiger partial charge < -0.3 is 10.4 Å². The highest BCUT2D eigenvalue weighted by Crippen LogP contribution is 2.27. The largest absolute Gasteiger partial charge is 0.480 e. The molecule has 2 aromatic rings.